The van der Waals surface area contributed by atoms with Gasteiger partial charge in [-0.1, -0.05) is 23.4 Å². The van der Waals surface area contributed by atoms with Crippen LogP contribution in [0.1, 0.15) is 10.4 Å². The molecule has 0 saturated heterocycles. The molecule has 18 heavy (non-hydrogen) atoms. The molecule has 0 amide bonds. The lowest BCUT2D eigenvalue weighted by Crippen LogP contribution is -2.01. The zero-order chi connectivity index (χ0) is 13.1. The van der Waals surface area contributed by atoms with Crippen LogP contribution in [0, 0.1) is 5.82 Å². The number of pyridine rings is 1. The van der Waals surface area contributed by atoms with E-state index < -0.39 is 11.8 Å². The Morgan fingerprint density at radius 1 is 1.33 bits per heavy atom. The van der Waals surface area contributed by atoms with Gasteiger partial charge in [-0.05, 0) is 30.3 Å². The Morgan fingerprint density at radius 3 is 2.61 bits per heavy atom. The van der Waals surface area contributed by atoms with Gasteiger partial charge in [0.15, 0.2) is 0 Å². The zero-order valence-corrected chi connectivity index (χ0v) is 10.5. The monoisotopic (exact) mass is 283 g/mol. The quantitative estimate of drug-likeness (QED) is 0.932. The van der Waals surface area contributed by atoms with Crippen LogP contribution in [0.3, 0.4) is 0 Å². The average molecular weight is 284 g/mol. The summed E-state index contributed by atoms with van der Waals surface area (Å²) in [5.74, 6) is -1.88. The maximum absolute atomic E-state index is 12.9. The molecule has 1 aromatic carbocycles. The van der Waals surface area contributed by atoms with E-state index in [1.165, 1.54) is 0 Å². The van der Waals surface area contributed by atoms with Crippen molar-refractivity contribution >= 4 is 29.3 Å². The third-order valence-electron chi connectivity index (χ3n) is 2.08. The first-order valence-electron chi connectivity index (χ1n) is 4.88. The smallest absolute Gasteiger partial charge is 0.338 e. The van der Waals surface area contributed by atoms with Gasteiger partial charge in [0, 0.05) is 9.92 Å². The molecular weight excluding hydrogens is 277 g/mol. The number of hydrogen-bond acceptors (Lipinski definition) is 3. The molecule has 6 heteroatoms. The number of carbonyl (C=O) groups is 1. The van der Waals surface area contributed by atoms with Crippen molar-refractivity contribution in [2.75, 3.05) is 0 Å². The van der Waals surface area contributed by atoms with Crippen molar-refractivity contribution < 1.29 is 14.3 Å². The van der Waals surface area contributed by atoms with Crippen molar-refractivity contribution in [1.82, 2.24) is 4.98 Å². The first-order valence-corrected chi connectivity index (χ1v) is 6.08. The topological polar surface area (TPSA) is 50.2 Å². The Labute approximate surface area is 112 Å². The Morgan fingerprint density at radius 2 is 2.00 bits per heavy atom. The highest BCUT2D eigenvalue weighted by Crippen LogP contribution is 2.29. The largest absolute Gasteiger partial charge is 0.478 e. The molecule has 0 radical (unpaired) electrons. The van der Waals surface area contributed by atoms with Crippen LogP contribution < -0.4 is 0 Å². The fourth-order valence-corrected chi connectivity index (χ4v) is 2.26. The van der Waals surface area contributed by atoms with Gasteiger partial charge in [-0.25, -0.2) is 14.2 Å². The van der Waals surface area contributed by atoms with Crippen LogP contribution >= 0.6 is 23.4 Å². The number of benzene rings is 1. The number of hydrogen-bond donors (Lipinski definition) is 1. The van der Waals surface area contributed by atoms with Crippen LogP contribution in [-0.2, 0) is 0 Å². The lowest BCUT2D eigenvalue weighted by Gasteiger charge is -2.04. The number of aromatic nitrogens is 1. The van der Waals surface area contributed by atoms with Crippen LogP contribution in [-0.4, -0.2) is 16.1 Å². The van der Waals surface area contributed by atoms with E-state index in [1.54, 1.807) is 24.3 Å². The number of carboxylic acids is 1. The second-order valence-corrected chi connectivity index (χ2v) is 4.87. The molecule has 3 nitrogen and oxygen atoms in total. The van der Waals surface area contributed by atoms with Crippen LogP contribution in [0.2, 0.25) is 5.02 Å². The number of halogens is 2. The van der Waals surface area contributed by atoms with E-state index in [1.807, 2.05) is 0 Å². The summed E-state index contributed by atoms with van der Waals surface area (Å²) >= 11 is 6.89. The average Bonchev–Trinajstić information content (AvgIpc) is 2.34. The molecule has 0 unspecified atom stereocenters. The second-order valence-electron chi connectivity index (χ2n) is 3.37. The predicted molar refractivity (Wildman–Crippen MR) is 66.7 cm³/mol. The molecule has 92 valence electrons. The van der Waals surface area contributed by atoms with Gasteiger partial charge in [-0.3, -0.25) is 0 Å². The minimum Gasteiger partial charge on any atom is -0.478 e. The van der Waals surface area contributed by atoms with Crippen molar-refractivity contribution in [2.45, 2.75) is 9.92 Å². The van der Waals surface area contributed by atoms with E-state index in [0.29, 0.717) is 5.02 Å². The maximum Gasteiger partial charge on any atom is 0.338 e. The molecular formula is C12H7ClFNO2S. The van der Waals surface area contributed by atoms with E-state index in [2.05, 4.69) is 4.98 Å². The molecule has 1 heterocycles. The third kappa shape index (κ3) is 3.00. The predicted octanol–water partition coefficient (Wildman–Crippen LogP) is 3.72. The maximum atomic E-state index is 12.9. The Hall–Kier alpha value is -1.59. The van der Waals surface area contributed by atoms with Crippen molar-refractivity contribution in [3.63, 3.8) is 0 Å². The minimum absolute atomic E-state index is 0.157. The summed E-state index contributed by atoms with van der Waals surface area (Å²) in [7, 11) is 0. The summed E-state index contributed by atoms with van der Waals surface area (Å²) in [5, 5.41) is 9.80. The number of nitrogens with zero attached hydrogens (tertiary/aromatic N) is 1. The first-order chi connectivity index (χ1) is 8.56. The first kappa shape index (κ1) is 12.9. The van der Waals surface area contributed by atoms with Crippen molar-refractivity contribution in [3.05, 3.63) is 52.9 Å². The van der Waals surface area contributed by atoms with E-state index in [4.69, 9.17) is 16.7 Å². The SMILES string of the molecule is O=C(O)c1cc(F)cnc1Sc1ccc(Cl)cc1. The Bertz CT molecular complexity index is 589. The van der Waals surface area contributed by atoms with Gasteiger partial charge >= 0.3 is 5.97 Å². The number of aromatic carboxylic acids is 1. The fraction of sp³-hybridized carbons (Fsp3) is 0. The Kier molecular flexibility index (Phi) is 3.84. The lowest BCUT2D eigenvalue weighted by atomic mass is 10.3. The highest BCUT2D eigenvalue weighted by Gasteiger charge is 2.14. The van der Waals surface area contributed by atoms with Gasteiger partial charge < -0.3 is 5.11 Å². The summed E-state index contributed by atoms with van der Waals surface area (Å²) in [6, 6.07) is 7.81. The highest BCUT2D eigenvalue weighted by molar-refractivity contribution is 7.99. The molecule has 1 N–H and O–H groups in total. The van der Waals surface area contributed by atoms with Gasteiger partial charge in [-0.2, -0.15) is 0 Å². The molecule has 2 rings (SSSR count). The lowest BCUT2D eigenvalue weighted by molar-refractivity contribution is 0.0691. The molecule has 0 spiro atoms. The fourth-order valence-electron chi connectivity index (χ4n) is 1.28. The van der Waals surface area contributed by atoms with Gasteiger partial charge in [0.1, 0.15) is 10.8 Å². The normalized spacial score (nSPS) is 10.3. The van der Waals surface area contributed by atoms with E-state index in [9.17, 15) is 9.18 Å². The minimum atomic E-state index is -1.21. The molecule has 0 aliphatic carbocycles. The van der Waals surface area contributed by atoms with Gasteiger partial charge in [0.2, 0.25) is 0 Å². The summed E-state index contributed by atoms with van der Waals surface area (Å²) in [6.07, 6.45) is 0.991. The van der Waals surface area contributed by atoms with Gasteiger partial charge in [0.05, 0.1) is 11.8 Å². The summed E-state index contributed by atoms with van der Waals surface area (Å²) in [4.78, 5) is 15.5. The summed E-state index contributed by atoms with van der Waals surface area (Å²) in [6.45, 7) is 0. The Balaban J connectivity index is 2.34. The molecule has 0 bridgehead atoms. The number of rotatable bonds is 3. The molecule has 0 aliphatic rings. The van der Waals surface area contributed by atoms with Crippen LogP contribution in [0.4, 0.5) is 4.39 Å². The molecule has 2 aromatic rings. The zero-order valence-electron chi connectivity index (χ0n) is 8.93. The van der Waals surface area contributed by atoms with Gasteiger partial charge in [0.25, 0.3) is 0 Å². The summed E-state index contributed by atoms with van der Waals surface area (Å²) in [5.41, 5.74) is -0.157. The summed E-state index contributed by atoms with van der Waals surface area (Å²) < 4.78 is 12.9. The molecule has 0 fully saturated rings. The standard InChI is InChI=1S/C12H7ClFNO2S/c13-7-1-3-9(4-2-7)18-11-10(12(16)17)5-8(14)6-15-11/h1-6H,(H,16,17). The van der Waals surface area contributed by atoms with Crippen LogP contribution in [0.15, 0.2) is 46.5 Å². The second kappa shape index (κ2) is 5.37. The highest BCUT2D eigenvalue weighted by atomic mass is 35.5. The van der Waals surface area contributed by atoms with E-state index in [0.717, 1.165) is 28.9 Å². The molecule has 0 aliphatic heterocycles. The van der Waals surface area contributed by atoms with Crippen molar-refractivity contribution in [3.8, 4) is 0 Å². The van der Waals surface area contributed by atoms with Crippen molar-refractivity contribution in [2.24, 2.45) is 0 Å². The van der Waals surface area contributed by atoms with Crippen LogP contribution in [0.5, 0.6) is 0 Å². The molecule has 1 aromatic heterocycles. The van der Waals surface area contributed by atoms with Crippen LogP contribution in [0.25, 0.3) is 0 Å². The van der Waals surface area contributed by atoms with E-state index in [-0.39, 0.29) is 10.6 Å². The van der Waals surface area contributed by atoms with Gasteiger partial charge in [-0.15, -0.1) is 0 Å². The van der Waals surface area contributed by atoms with E-state index >= 15 is 0 Å². The third-order valence-corrected chi connectivity index (χ3v) is 3.35. The number of carboxylic acid groups (broad SMARTS) is 1. The molecule has 0 saturated carbocycles. The van der Waals surface area contributed by atoms with Crippen molar-refractivity contribution in [1.29, 1.82) is 0 Å². The molecule has 0 atom stereocenters.